The summed E-state index contributed by atoms with van der Waals surface area (Å²) in [6, 6.07) is 15.4. The van der Waals surface area contributed by atoms with E-state index in [0.29, 0.717) is 30.0 Å². The lowest BCUT2D eigenvalue weighted by Crippen LogP contribution is -2.42. The third-order valence-electron chi connectivity index (χ3n) is 6.48. The molecule has 0 fully saturated rings. The standard InChI is InChI=1S/C28H29ClN2O8S/c1-19-7-11-23(12-8-19)40(35,36)39-16-4-15-38-27-6-3-5-20-17-21(29)9-14-25(20)30(27)28(32)24-13-10-22(31(33)34)18-26(24)37-2/h7-14,17-18,27H,3-6,15-16H2,1-2H3. The molecule has 12 heteroatoms. The van der Waals surface area contributed by atoms with Gasteiger partial charge in [0.25, 0.3) is 21.7 Å². The summed E-state index contributed by atoms with van der Waals surface area (Å²) in [7, 11) is -2.57. The molecule has 1 atom stereocenters. The van der Waals surface area contributed by atoms with Crippen molar-refractivity contribution in [3.05, 3.63) is 92.5 Å². The van der Waals surface area contributed by atoms with Crippen LogP contribution in [0, 0.1) is 17.0 Å². The molecule has 40 heavy (non-hydrogen) atoms. The van der Waals surface area contributed by atoms with Crippen LogP contribution in [0.1, 0.15) is 40.7 Å². The van der Waals surface area contributed by atoms with Crippen molar-refractivity contribution in [2.24, 2.45) is 0 Å². The second kappa shape index (κ2) is 12.8. The van der Waals surface area contributed by atoms with Gasteiger partial charge in [-0.1, -0.05) is 29.3 Å². The van der Waals surface area contributed by atoms with Gasteiger partial charge in [-0.2, -0.15) is 8.42 Å². The number of halogens is 1. The van der Waals surface area contributed by atoms with E-state index in [2.05, 4.69) is 0 Å². The number of non-ortho nitro benzene ring substituents is 1. The summed E-state index contributed by atoms with van der Waals surface area (Å²) in [6.45, 7) is 1.89. The summed E-state index contributed by atoms with van der Waals surface area (Å²) in [4.78, 5) is 26.2. The third-order valence-corrected chi connectivity index (χ3v) is 8.04. The number of anilines is 1. The van der Waals surface area contributed by atoms with Crippen molar-refractivity contribution < 1.29 is 31.8 Å². The highest BCUT2D eigenvalue weighted by Gasteiger charge is 2.33. The van der Waals surface area contributed by atoms with Gasteiger partial charge in [-0.05, 0) is 74.6 Å². The number of rotatable bonds is 10. The largest absolute Gasteiger partial charge is 0.496 e. The minimum Gasteiger partial charge on any atom is -0.496 e. The summed E-state index contributed by atoms with van der Waals surface area (Å²) in [5.41, 5.74) is 2.34. The molecule has 0 saturated carbocycles. The molecule has 0 saturated heterocycles. The molecule has 1 amide bonds. The molecular weight excluding hydrogens is 560 g/mol. The number of benzene rings is 3. The Morgan fingerprint density at radius 2 is 1.85 bits per heavy atom. The SMILES string of the molecule is COc1cc([N+](=O)[O-])ccc1C(=O)N1c2ccc(Cl)cc2CCCC1OCCCOS(=O)(=O)c1ccc(C)cc1. The van der Waals surface area contributed by atoms with E-state index < -0.39 is 27.2 Å². The average molecular weight is 589 g/mol. The monoisotopic (exact) mass is 588 g/mol. The van der Waals surface area contributed by atoms with Crippen LogP contribution in [0.3, 0.4) is 0 Å². The van der Waals surface area contributed by atoms with Crippen LogP contribution < -0.4 is 9.64 Å². The Kier molecular flexibility index (Phi) is 9.41. The van der Waals surface area contributed by atoms with Gasteiger partial charge in [0.2, 0.25) is 0 Å². The van der Waals surface area contributed by atoms with E-state index in [0.717, 1.165) is 11.1 Å². The molecule has 0 bridgehead atoms. The Bertz CT molecular complexity index is 1490. The summed E-state index contributed by atoms with van der Waals surface area (Å²) < 4.78 is 41.5. The summed E-state index contributed by atoms with van der Waals surface area (Å²) in [5.74, 6) is -0.396. The molecule has 3 aromatic rings. The minimum absolute atomic E-state index is 0.0624. The fourth-order valence-electron chi connectivity index (χ4n) is 4.46. The number of carbonyl (C=O) groups excluding carboxylic acids is 1. The molecular formula is C28H29ClN2O8S. The van der Waals surface area contributed by atoms with Crippen LogP contribution >= 0.6 is 11.6 Å². The summed E-state index contributed by atoms with van der Waals surface area (Å²) >= 11 is 6.23. The van der Waals surface area contributed by atoms with Crippen molar-refractivity contribution in [1.82, 2.24) is 0 Å². The van der Waals surface area contributed by atoms with Gasteiger partial charge in [0.05, 0.1) is 41.8 Å². The van der Waals surface area contributed by atoms with Crippen molar-refractivity contribution in [3.8, 4) is 5.75 Å². The van der Waals surface area contributed by atoms with E-state index in [9.17, 15) is 23.3 Å². The number of hydrogen-bond donors (Lipinski definition) is 0. The third kappa shape index (κ3) is 6.79. The molecule has 0 aromatic heterocycles. The van der Waals surface area contributed by atoms with Crippen LogP contribution in [-0.4, -0.2) is 45.8 Å². The van der Waals surface area contributed by atoms with Crippen LogP contribution in [0.2, 0.25) is 5.02 Å². The molecule has 0 aliphatic carbocycles. The maximum atomic E-state index is 13.9. The first-order valence-corrected chi connectivity index (χ1v) is 14.4. The normalized spacial score (nSPS) is 15.3. The Hall–Kier alpha value is -3.51. The summed E-state index contributed by atoms with van der Waals surface area (Å²) in [5, 5.41) is 11.8. The van der Waals surface area contributed by atoms with Gasteiger partial charge in [0.15, 0.2) is 0 Å². The van der Waals surface area contributed by atoms with Gasteiger partial charge in [0.1, 0.15) is 12.0 Å². The number of amides is 1. The number of fused-ring (bicyclic) bond motifs is 1. The highest BCUT2D eigenvalue weighted by atomic mass is 35.5. The van der Waals surface area contributed by atoms with Crippen molar-refractivity contribution >= 4 is 39.0 Å². The number of hydrogen-bond acceptors (Lipinski definition) is 8. The van der Waals surface area contributed by atoms with Crippen molar-refractivity contribution in [2.75, 3.05) is 25.2 Å². The molecule has 212 valence electrons. The molecule has 1 aliphatic rings. The average Bonchev–Trinajstić information content (AvgIpc) is 3.10. The van der Waals surface area contributed by atoms with Crippen molar-refractivity contribution in [1.29, 1.82) is 0 Å². The zero-order valence-electron chi connectivity index (χ0n) is 22.0. The van der Waals surface area contributed by atoms with Crippen molar-refractivity contribution in [2.45, 2.75) is 43.7 Å². The van der Waals surface area contributed by atoms with Crippen molar-refractivity contribution in [3.63, 3.8) is 0 Å². The quantitative estimate of drug-likeness (QED) is 0.128. The number of nitrogens with zero attached hydrogens (tertiary/aromatic N) is 2. The van der Waals surface area contributed by atoms with Gasteiger partial charge in [-0.3, -0.25) is 24.0 Å². The molecule has 0 spiro atoms. The fraction of sp³-hybridized carbons (Fsp3) is 0.321. The Balaban J connectivity index is 1.52. The lowest BCUT2D eigenvalue weighted by Gasteiger charge is -2.31. The van der Waals surface area contributed by atoms with Crippen LogP contribution in [0.5, 0.6) is 5.75 Å². The first-order valence-electron chi connectivity index (χ1n) is 12.6. The number of aryl methyl sites for hydroxylation is 2. The first-order chi connectivity index (χ1) is 19.1. The predicted molar refractivity (Wildman–Crippen MR) is 150 cm³/mol. The van der Waals surface area contributed by atoms with E-state index in [1.165, 1.54) is 42.3 Å². The Morgan fingerprint density at radius 3 is 2.55 bits per heavy atom. The topological polar surface area (TPSA) is 125 Å². The smallest absolute Gasteiger partial charge is 0.296 e. The highest BCUT2D eigenvalue weighted by Crippen LogP contribution is 2.35. The van der Waals surface area contributed by atoms with Crippen LogP contribution in [0.25, 0.3) is 0 Å². The van der Waals surface area contributed by atoms with Gasteiger partial charge in [-0.15, -0.1) is 0 Å². The Labute approximate surface area is 237 Å². The van der Waals surface area contributed by atoms with Crippen LogP contribution in [0.15, 0.2) is 65.6 Å². The minimum atomic E-state index is -3.90. The molecule has 0 N–H and O–H groups in total. The second-order valence-corrected chi connectivity index (χ2v) is 11.3. The van der Waals surface area contributed by atoms with Gasteiger partial charge >= 0.3 is 0 Å². The Morgan fingerprint density at radius 1 is 1.10 bits per heavy atom. The molecule has 0 radical (unpaired) electrons. The molecule has 1 heterocycles. The van der Waals surface area contributed by atoms with E-state index in [1.54, 1.807) is 30.3 Å². The van der Waals surface area contributed by atoms with Crippen LogP contribution in [-0.2, 0) is 25.5 Å². The lowest BCUT2D eigenvalue weighted by atomic mass is 10.1. The fourth-order valence-corrected chi connectivity index (χ4v) is 5.60. The number of methoxy groups -OCH3 is 1. The van der Waals surface area contributed by atoms with E-state index in [-0.39, 0.29) is 41.5 Å². The predicted octanol–water partition coefficient (Wildman–Crippen LogP) is 5.69. The lowest BCUT2D eigenvalue weighted by molar-refractivity contribution is -0.384. The number of ether oxygens (including phenoxy) is 2. The zero-order valence-corrected chi connectivity index (χ0v) is 23.6. The number of nitro benzene ring substituents is 1. The van der Waals surface area contributed by atoms with E-state index in [4.69, 9.17) is 25.3 Å². The molecule has 4 rings (SSSR count). The van der Waals surface area contributed by atoms with Gasteiger partial charge in [0, 0.05) is 16.8 Å². The second-order valence-electron chi connectivity index (χ2n) is 9.25. The summed E-state index contributed by atoms with van der Waals surface area (Å²) in [6.07, 6.45) is 1.43. The van der Waals surface area contributed by atoms with Gasteiger partial charge in [-0.25, -0.2) is 0 Å². The van der Waals surface area contributed by atoms with E-state index >= 15 is 0 Å². The van der Waals surface area contributed by atoms with E-state index in [1.807, 2.05) is 6.92 Å². The first kappa shape index (κ1) is 29.5. The molecule has 1 aliphatic heterocycles. The number of carbonyl (C=O) groups is 1. The molecule has 10 nitrogen and oxygen atoms in total. The maximum Gasteiger partial charge on any atom is 0.296 e. The maximum absolute atomic E-state index is 13.9. The number of nitro groups is 1. The molecule has 3 aromatic carbocycles. The van der Waals surface area contributed by atoms with Crippen LogP contribution in [0.4, 0.5) is 11.4 Å². The molecule has 1 unspecified atom stereocenters. The van der Waals surface area contributed by atoms with Gasteiger partial charge < -0.3 is 9.47 Å². The zero-order chi connectivity index (χ0) is 28.9. The highest BCUT2D eigenvalue weighted by molar-refractivity contribution is 7.86.